The molecule has 3 heteroatoms. The van der Waals surface area contributed by atoms with Crippen molar-refractivity contribution in [2.24, 2.45) is 0 Å². The molecule has 0 aromatic heterocycles. The molecule has 3 nitrogen and oxygen atoms in total. The van der Waals surface area contributed by atoms with Gasteiger partial charge < -0.3 is 15.4 Å². The molecule has 0 aliphatic rings. The Morgan fingerprint density at radius 3 is 2.43 bits per heavy atom. The van der Waals surface area contributed by atoms with Crippen LogP contribution in [0.5, 0.6) is 5.75 Å². The molecule has 0 aliphatic carbocycles. The van der Waals surface area contributed by atoms with E-state index in [0.717, 1.165) is 25.4 Å². The van der Waals surface area contributed by atoms with E-state index in [-0.39, 0.29) is 0 Å². The lowest BCUT2D eigenvalue weighted by molar-refractivity contribution is 0.414. The molecule has 0 heterocycles. The Labute approximate surface area is 127 Å². The van der Waals surface area contributed by atoms with Crippen molar-refractivity contribution in [3.8, 4) is 5.75 Å². The summed E-state index contributed by atoms with van der Waals surface area (Å²) >= 11 is 0. The molecule has 0 spiro atoms. The Kier molecular flexibility index (Phi) is 5.64. The first-order valence-electron chi connectivity index (χ1n) is 7.34. The maximum Gasteiger partial charge on any atom is 0.118 e. The van der Waals surface area contributed by atoms with Gasteiger partial charge in [0.15, 0.2) is 0 Å². The first-order valence-corrected chi connectivity index (χ1v) is 7.34. The second-order valence-corrected chi connectivity index (χ2v) is 5.27. The Bertz CT molecular complexity index is 564. The fourth-order valence-corrected chi connectivity index (χ4v) is 2.19. The van der Waals surface area contributed by atoms with Gasteiger partial charge in [0.25, 0.3) is 0 Å². The first-order chi connectivity index (χ1) is 10.2. The molecule has 112 valence electrons. The van der Waals surface area contributed by atoms with E-state index < -0.39 is 0 Å². The van der Waals surface area contributed by atoms with E-state index in [1.807, 2.05) is 12.1 Å². The molecule has 0 bridgehead atoms. The lowest BCUT2D eigenvalue weighted by Gasteiger charge is -2.11. The Balaban J connectivity index is 1.71. The van der Waals surface area contributed by atoms with Crippen molar-refractivity contribution in [2.75, 3.05) is 25.5 Å². The van der Waals surface area contributed by atoms with Crippen molar-refractivity contribution in [2.45, 2.75) is 20.4 Å². The Hall–Kier alpha value is -2.00. The summed E-state index contributed by atoms with van der Waals surface area (Å²) < 4.78 is 5.15. The molecule has 0 atom stereocenters. The van der Waals surface area contributed by atoms with Gasteiger partial charge in [-0.2, -0.15) is 0 Å². The van der Waals surface area contributed by atoms with Crippen LogP contribution in [0, 0.1) is 13.8 Å². The zero-order chi connectivity index (χ0) is 15.1. The van der Waals surface area contributed by atoms with E-state index in [4.69, 9.17) is 4.74 Å². The zero-order valence-electron chi connectivity index (χ0n) is 13.1. The van der Waals surface area contributed by atoms with Gasteiger partial charge in [0.1, 0.15) is 5.75 Å². The highest BCUT2D eigenvalue weighted by Gasteiger charge is 1.98. The number of benzene rings is 2. The fourth-order valence-electron chi connectivity index (χ4n) is 2.19. The fraction of sp³-hybridized carbons (Fsp3) is 0.333. The van der Waals surface area contributed by atoms with Crippen LogP contribution < -0.4 is 15.4 Å². The van der Waals surface area contributed by atoms with Crippen LogP contribution in [0.1, 0.15) is 16.7 Å². The predicted molar refractivity (Wildman–Crippen MR) is 89.1 cm³/mol. The summed E-state index contributed by atoms with van der Waals surface area (Å²) in [5.74, 6) is 0.898. The van der Waals surface area contributed by atoms with E-state index in [2.05, 4.69) is 54.8 Å². The monoisotopic (exact) mass is 284 g/mol. The first kappa shape index (κ1) is 15.4. The average Bonchev–Trinajstić information content (AvgIpc) is 2.51. The van der Waals surface area contributed by atoms with Crippen LogP contribution in [0.15, 0.2) is 42.5 Å². The lowest BCUT2D eigenvalue weighted by atomic mass is 10.1. The molecule has 0 saturated carbocycles. The van der Waals surface area contributed by atoms with Gasteiger partial charge in [-0.3, -0.25) is 0 Å². The van der Waals surface area contributed by atoms with Gasteiger partial charge in [-0.1, -0.05) is 24.3 Å². The third kappa shape index (κ3) is 4.80. The molecule has 0 radical (unpaired) electrons. The summed E-state index contributed by atoms with van der Waals surface area (Å²) in [6.07, 6.45) is 0. The number of rotatable bonds is 7. The molecule has 0 unspecified atom stereocenters. The van der Waals surface area contributed by atoms with Crippen LogP contribution in [-0.4, -0.2) is 20.2 Å². The smallest absolute Gasteiger partial charge is 0.118 e. The predicted octanol–water partition coefficient (Wildman–Crippen LogP) is 3.51. The Morgan fingerprint density at radius 1 is 0.952 bits per heavy atom. The van der Waals surface area contributed by atoms with Gasteiger partial charge in [-0.15, -0.1) is 0 Å². The zero-order valence-corrected chi connectivity index (χ0v) is 13.1. The van der Waals surface area contributed by atoms with Crippen LogP contribution >= 0.6 is 0 Å². The molecule has 2 aromatic rings. The van der Waals surface area contributed by atoms with Crippen LogP contribution in [-0.2, 0) is 6.54 Å². The summed E-state index contributed by atoms with van der Waals surface area (Å²) in [5, 5.41) is 6.92. The third-order valence-corrected chi connectivity index (χ3v) is 3.50. The molecular weight excluding hydrogens is 260 g/mol. The molecule has 21 heavy (non-hydrogen) atoms. The lowest BCUT2D eigenvalue weighted by Crippen LogP contribution is -2.22. The van der Waals surface area contributed by atoms with Crippen LogP contribution in [0.25, 0.3) is 0 Å². The van der Waals surface area contributed by atoms with Gasteiger partial charge in [0.2, 0.25) is 0 Å². The molecule has 2 rings (SSSR count). The van der Waals surface area contributed by atoms with E-state index in [9.17, 15) is 0 Å². The highest BCUT2D eigenvalue weighted by molar-refractivity contribution is 5.52. The van der Waals surface area contributed by atoms with E-state index in [0.29, 0.717) is 0 Å². The Morgan fingerprint density at radius 2 is 1.71 bits per heavy atom. The number of methoxy groups -OCH3 is 1. The topological polar surface area (TPSA) is 33.3 Å². The second kappa shape index (κ2) is 7.70. The minimum Gasteiger partial charge on any atom is -0.497 e. The van der Waals surface area contributed by atoms with Crippen LogP contribution in [0.4, 0.5) is 5.69 Å². The van der Waals surface area contributed by atoms with Gasteiger partial charge >= 0.3 is 0 Å². The molecule has 2 aromatic carbocycles. The maximum atomic E-state index is 5.15. The van der Waals surface area contributed by atoms with Crippen molar-refractivity contribution < 1.29 is 4.74 Å². The number of anilines is 1. The normalized spacial score (nSPS) is 10.4. The summed E-state index contributed by atoms with van der Waals surface area (Å²) in [6, 6.07) is 14.6. The van der Waals surface area contributed by atoms with Gasteiger partial charge in [-0.25, -0.2) is 0 Å². The quantitative estimate of drug-likeness (QED) is 0.763. The summed E-state index contributed by atoms with van der Waals surface area (Å²) in [7, 11) is 1.69. The van der Waals surface area contributed by atoms with E-state index >= 15 is 0 Å². The van der Waals surface area contributed by atoms with E-state index in [1.165, 1.54) is 22.4 Å². The van der Waals surface area contributed by atoms with Crippen LogP contribution in [0.3, 0.4) is 0 Å². The molecule has 0 aliphatic heterocycles. The van der Waals surface area contributed by atoms with Crippen molar-refractivity contribution in [1.82, 2.24) is 5.32 Å². The summed E-state index contributed by atoms with van der Waals surface area (Å²) in [4.78, 5) is 0. The minimum absolute atomic E-state index is 0.873. The summed E-state index contributed by atoms with van der Waals surface area (Å²) in [5.41, 5.74) is 5.06. The molecular formula is C18H24N2O. The van der Waals surface area contributed by atoms with Crippen molar-refractivity contribution in [3.05, 3.63) is 59.2 Å². The van der Waals surface area contributed by atoms with Gasteiger partial charge in [-0.05, 0) is 48.7 Å². The van der Waals surface area contributed by atoms with E-state index in [1.54, 1.807) is 7.11 Å². The highest BCUT2D eigenvalue weighted by Crippen LogP contribution is 2.15. The molecule has 0 fully saturated rings. The highest BCUT2D eigenvalue weighted by atomic mass is 16.5. The largest absolute Gasteiger partial charge is 0.497 e. The van der Waals surface area contributed by atoms with Crippen molar-refractivity contribution >= 4 is 5.69 Å². The second-order valence-electron chi connectivity index (χ2n) is 5.27. The number of hydrogen-bond donors (Lipinski definition) is 2. The standard InChI is InChI=1S/C18H24N2O/c1-14-4-5-15(2)18(12-14)20-11-10-19-13-16-6-8-17(21-3)9-7-16/h4-9,12,19-20H,10-11,13H2,1-3H3. The van der Waals surface area contributed by atoms with Crippen molar-refractivity contribution in [3.63, 3.8) is 0 Å². The molecule has 2 N–H and O–H groups in total. The average molecular weight is 284 g/mol. The van der Waals surface area contributed by atoms with Gasteiger partial charge in [0.05, 0.1) is 7.11 Å². The van der Waals surface area contributed by atoms with Crippen LogP contribution in [0.2, 0.25) is 0 Å². The SMILES string of the molecule is COc1ccc(CNCCNc2cc(C)ccc2C)cc1. The number of nitrogens with one attached hydrogen (secondary N) is 2. The molecule has 0 amide bonds. The number of aryl methyl sites for hydroxylation is 2. The summed E-state index contributed by atoms with van der Waals surface area (Å²) in [6.45, 7) is 6.97. The van der Waals surface area contributed by atoms with Crippen molar-refractivity contribution in [1.29, 1.82) is 0 Å². The number of hydrogen-bond acceptors (Lipinski definition) is 3. The third-order valence-electron chi connectivity index (χ3n) is 3.50. The van der Waals surface area contributed by atoms with Gasteiger partial charge in [0, 0.05) is 25.3 Å². The number of ether oxygens (including phenoxy) is 1. The minimum atomic E-state index is 0.873. The maximum absolute atomic E-state index is 5.15. The molecule has 0 saturated heterocycles.